The number of rotatable bonds is 6. The molecule has 0 radical (unpaired) electrons. The molecule has 2 rings (SSSR count). The average Bonchev–Trinajstić information content (AvgIpc) is 3.04. The highest BCUT2D eigenvalue weighted by atomic mass is 32.2. The molecule has 5 heteroatoms. The highest BCUT2D eigenvalue weighted by molar-refractivity contribution is 7.84. The summed E-state index contributed by atoms with van der Waals surface area (Å²) in [6.45, 7) is 4.87. The van der Waals surface area contributed by atoms with Crippen LogP contribution in [0.5, 0.6) is 0 Å². The van der Waals surface area contributed by atoms with Crippen LogP contribution >= 0.6 is 0 Å². The van der Waals surface area contributed by atoms with Gasteiger partial charge in [-0.15, -0.1) is 0 Å². The molecule has 3 unspecified atom stereocenters. The van der Waals surface area contributed by atoms with Gasteiger partial charge in [0, 0.05) is 28.9 Å². The molecule has 2 aliphatic rings. The maximum Gasteiger partial charge on any atom is 0.244 e. The summed E-state index contributed by atoms with van der Waals surface area (Å²) in [5, 5.41) is 3.66. The van der Waals surface area contributed by atoms with E-state index in [9.17, 15) is 9.00 Å². The van der Waals surface area contributed by atoms with Crippen LogP contribution < -0.4 is 5.32 Å². The van der Waals surface area contributed by atoms with Crippen LogP contribution in [0.25, 0.3) is 0 Å². The third kappa shape index (κ3) is 2.62. The first-order valence-corrected chi connectivity index (χ1v) is 8.53. The van der Waals surface area contributed by atoms with E-state index in [0.29, 0.717) is 0 Å². The standard InChI is InChI=1S/C13H24N2O2S/c1-4-5-11-14-13(7-8-13)12(16)15(11)9-6-10(2)18(3)17/h10-11,14H,4-9H2,1-3H3. The third-order valence-electron chi connectivity index (χ3n) is 4.14. The highest BCUT2D eigenvalue weighted by Gasteiger charge is 2.58. The molecule has 1 spiro atoms. The Hall–Kier alpha value is -0.420. The number of nitrogens with zero attached hydrogens (tertiary/aromatic N) is 1. The zero-order chi connectivity index (χ0) is 13.3. The van der Waals surface area contributed by atoms with E-state index in [2.05, 4.69) is 12.2 Å². The van der Waals surface area contributed by atoms with Gasteiger partial charge in [0.25, 0.3) is 0 Å². The Morgan fingerprint density at radius 2 is 2.22 bits per heavy atom. The molecule has 104 valence electrons. The lowest BCUT2D eigenvalue weighted by atomic mass is 10.2. The van der Waals surface area contributed by atoms with Crippen molar-refractivity contribution in [3.05, 3.63) is 0 Å². The van der Waals surface area contributed by atoms with Crippen LogP contribution in [0.1, 0.15) is 46.0 Å². The Kier molecular flexibility index (Phi) is 4.11. The Morgan fingerprint density at radius 1 is 1.56 bits per heavy atom. The first-order valence-electron chi connectivity index (χ1n) is 6.91. The van der Waals surface area contributed by atoms with E-state index in [4.69, 9.17) is 0 Å². The van der Waals surface area contributed by atoms with Crippen LogP contribution in [0.15, 0.2) is 0 Å². The number of hydrogen-bond donors (Lipinski definition) is 1. The van der Waals surface area contributed by atoms with Crippen molar-refractivity contribution < 1.29 is 9.00 Å². The van der Waals surface area contributed by atoms with Gasteiger partial charge in [-0.3, -0.25) is 14.3 Å². The Labute approximate surface area is 112 Å². The second kappa shape index (κ2) is 5.29. The van der Waals surface area contributed by atoms with Crippen molar-refractivity contribution in [1.82, 2.24) is 10.2 Å². The van der Waals surface area contributed by atoms with E-state index in [-0.39, 0.29) is 22.9 Å². The predicted octanol–water partition coefficient (Wildman–Crippen LogP) is 1.23. The van der Waals surface area contributed by atoms with Crippen LogP contribution in [-0.4, -0.2) is 44.8 Å². The van der Waals surface area contributed by atoms with Gasteiger partial charge in [-0.25, -0.2) is 0 Å². The van der Waals surface area contributed by atoms with Crippen molar-refractivity contribution in [2.24, 2.45) is 0 Å². The number of carbonyl (C=O) groups is 1. The van der Waals surface area contributed by atoms with E-state index in [1.807, 2.05) is 11.8 Å². The summed E-state index contributed by atoms with van der Waals surface area (Å²) in [7, 11) is -0.798. The second-order valence-corrected chi connectivity index (χ2v) is 7.43. The lowest BCUT2D eigenvalue weighted by Crippen LogP contribution is -2.39. The normalized spacial score (nSPS) is 28.7. The predicted molar refractivity (Wildman–Crippen MR) is 73.7 cm³/mol. The topological polar surface area (TPSA) is 49.4 Å². The summed E-state index contributed by atoms with van der Waals surface area (Å²) in [6, 6.07) is 0. The molecule has 1 aliphatic carbocycles. The van der Waals surface area contributed by atoms with Gasteiger partial charge in [0.2, 0.25) is 5.91 Å². The monoisotopic (exact) mass is 272 g/mol. The zero-order valence-corrected chi connectivity index (χ0v) is 12.4. The summed E-state index contributed by atoms with van der Waals surface area (Å²) >= 11 is 0. The fourth-order valence-electron chi connectivity index (χ4n) is 2.60. The Bertz CT molecular complexity index is 355. The zero-order valence-electron chi connectivity index (χ0n) is 11.6. The van der Waals surface area contributed by atoms with E-state index in [1.165, 1.54) is 0 Å². The van der Waals surface area contributed by atoms with Crippen molar-refractivity contribution in [2.75, 3.05) is 12.8 Å². The summed E-state index contributed by atoms with van der Waals surface area (Å²) in [5.74, 6) is 0.273. The second-order valence-electron chi connectivity index (χ2n) is 5.63. The fraction of sp³-hybridized carbons (Fsp3) is 0.923. The molecule has 2 fully saturated rings. The number of nitrogens with one attached hydrogen (secondary N) is 1. The van der Waals surface area contributed by atoms with Crippen molar-refractivity contribution in [3.63, 3.8) is 0 Å². The molecule has 3 atom stereocenters. The maximum absolute atomic E-state index is 12.3. The van der Waals surface area contributed by atoms with Crippen LogP contribution in [0, 0.1) is 0 Å². The van der Waals surface area contributed by atoms with Crippen LogP contribution in [0.4, 0.5) is 0 Å². The molecule has 18 heavy (non-hydrogen) atoms. The summed E-state index contributed by atoms with van der Waals surface area (Å²) < 4.78 is 11.4. The van der Waals surface area contributed by atoms with Crippen LogP contribution in [-0.2, 0) is 15.6 Å². The Morgan fingerprint density at radius 3 is 2.72 bits per heavy atom. The van der Waals surface area contributed by atoms with E-state index in [0.717, 1.165) is 38.6 Å². The first kappa shape index (κ1) is 14.0. The molecule has 4 nitrogen and oxygen atoms in total. The van der Waals surface area contributed by atoms with Gasteiger partial charge in [-0.2, -0.15) is 0 Å². The molecular formula is C13H24N2O2S. The molecule has 1 amide bonds. The largest absolute Gasteiger partial charge is 0.325 e. The summed E-state index contributed by atoms with van der Waals surface area (Å²) in [5.41, 5.74) is -0.214. The van der Waals surface area contributed by atoms with Crippen LogP contribution in [0.3, 0.4) is 0 Å². The molecule has 1 heterocycles. The van der Waals surface area contributed by atoms with Gasteiger partial charge in [0.05, 0.1) is 11.7 Å². The summed E-state index contributed by atoms with van der Waals surface area (Å²) in [6.07, 6.45) is 6.81. The lowest BCUT2D eigenvalue weighted by molar-refractivity contribution is -0.130. The van der Waals surface area contributed by atoms with Crippen molar-refractivity contribution >= 4 is 16.7 Å². The number of amides is 1. The molecule has 0 aromatic carbocycles. The minimum atomic E-state index is -0.798. The molecule has 1 saturated heterocycles. The van der Waals surface area contributed by atoms with Gasteiger partial charge < -0.3 is 4.90 Å². The molecule has 1 aliphatic heterocycles. The molecule has 0 aromatic rings. The van der Waals surface area contributed by atoms with E-state index in [1.54, 1.807) is 6.26 Å². The average molecular weight is 272 g/mol. The number of hydrogen-bond acceptors (Lipinski definition) is 3. The quantitative estimate of drug-likeness (QED) is 0.791. The van der Waals surface area contributed by atoms with E-state index < -0.39 is 10.8 Å². The van der Waals surface area contributed by atoms with Gasteiger partial charge in [0.15, 0.2) is 0 Å². The van der Waals surface area contributed by atoms with Crippen molar-refractivity contribution in [1.29, 1.82) is 0 Å². The van der Waals surface area contributed by atoms with Gasteiger partial charge >= 0.3 is 0 Å². The molecule has 0 bridgehead atoms. The smallest absolute Gasteiger partial charge is 0.244 e. The first-order chi connectivity index (χ1) is 8.50. The lowest BCUT2D eigenvalue weighted by Gasteiger charge is -2.24. The fourth-order valence-corrected chi connectivity index (χ4v) is 3.04. The molecule has 0 aromatic heterocycles. The Balaban J connectivity index is 1.95. The van der Waals surface area contributed by atoms with Crippen LogP contribution in [0.2, 0.25) is 0 Å². The molecular weight excluding hydrogens is 248 g/mol. The van der Waals surface area contributed by atoms with Gasteiger partial charge in [0.1, 0.15) is 0 Å². The van der Waals surface area contributed by atoms with Gasteiger partial charge in [-0.05, 0) is 25.7 Å². The maximum atomic E-state index is 12.3. The molecule has 1 N–H and O–H groups in total. The minimum absolute atomic E-state index is 0.163. The number of carbonyl (C=O) groups excluding carboxylic acids is 1. The minimum Gasteiger partial charge on any atom is -0.325 e. The van der Waals surface area contributed by atoms with Crippen molar-refractivity contribution in [3.8, 4) is 0 Å². The summed E-state index contributed by atoms with van der Waals surface area (Å²) in [4.78, 5) is 14.3. The van der Waals surface area contributed by atoms with Gasteiger partial charge in [-0.1, -0.05) is 20.3 Å². The highest BCUT2D eigenvalue weighted by Crippen LogP contribution is 2.42. The SMILES string of the molecule is CCCC1NC2(CC2)C(=O)N1CCC(C)S(C)=O. The van der Waals surface area contributed by atoms with E-state index >= 15 is 0 Å². The van der Waals surface area contributed by atoms with Crippen molar-refractivity contribution in [2.45, 2.75) is 62.9 Å². The third-order valence-corrected chi connectivity index (χ3v) is 5.51. The molecule has 1 saturated carbocycles.